The van der Waals surface area contributed by atoms with Crippen molar-refractivity contribution in [1.82, 2.24) is 20.3 Å². The SMILES string of the molecule is O=C(N[C@@H]1CCC[C@@H]1C(=O)NO)c1ccc(Cn2c(C(F)(F)F)nc3ccccc32)cc1. The molecule has 3 aromatic rings. The van der Waals surface area contributed by atoms with E-state index in [1.807, 2.05) is 0 Å². The van der Waals surface area contributed by atoms with Crippen LogP contribution >= 0.6 is 0 Å². The maximum Gasteiger partial charge on any atom is 0.449 e. The van der Waals surface area contributed by atoms with E-state index in [1.54, 1.807) is 35.8 Å². The first kappa shape index (κ1) is 21.8. The Morgan fingerprint density at radius 2 is 1.81 bits per heavy atom. The van der Waals surface area contributed by atoms with Crippen LogP contribution in [0.4, 0.5) is 13.2 Å². The zero-order valence-electron chi connectivity index (χ0n) is 16.9. The van der Waals surface area contributed by atoms with Crippen molar-refractivity contribution in [2.24, 2.45) is 5.92 Å². The second-order valence-corrected chi connectivity index (χ2v) is 7.80. The highest BCUT2D eigenvalue weighted by Gasteiger charge is 2.37. The summed E-state index contributed by atoms with van der Waals surface area (Å²) < 4.78 is 41.6. The van der Waals surface area contributed by atoms with Gasteiger partial charge in [0.05, 0.1) is 17.0 Å². The number of carbonyl (C=O) groups is 2. The standard InChI is InChI=1S/C22H21F3N4O3/c23-22(24,25)21-27-17-5-1-2-7-18(17)29(21)12-13-8-10-14(11-9-13)19(30)26-16-6-3-4-15(16)20(31)28-32/h1-2,5,7-11,15-16,32H,3-4,6,12H2,(H,26,30)(H,28,31)/t15-,16+/m0/s1. The van der Waals surface area contributed by atoms with E-state index < -0.39 is 23.8 Å². The topological polar surface area (TPSA) is 96.3 Å². The number of halogens is 3. The molecule has 1 fully saturated rings. The molecule has 0 unspecified atom stereocenters. The molecule has 1 aliphatic rings. The average Bonchev–Trinajstić information content (AvgIpc) is 3.38. The van der Waals surface area contributed by atoms with Crippen LogP contribution in [0, 0.1) is 5.92 Å². The van der Waals surface area contributed by atoms with Crippen LogP contribution in [0.5, 0.6) is 0 Å². The minimum atomic E-state index is -4.60. The normalized spacial score (nSPS) is 18.6. The molecule has 2 atom stereocenters. The first-order chi connectivity index (χ1) is 15.3. The lowest BCUT2D eigenvalue weighted by molar-refractivity contribution is -0.146. The summed E-state index contributed by atoms with van der Waals surface area (Å²) in [5, 5.41) is 11.7. The second-order valence-electron chi connectivity index (χ2n) is 7.80. The van der Waals surface area contributed by atoms with E-state index in [1.165, 1.54) is 18.2 Å². The van der Waals surface area contributed by atoms with Gasteiger partial charge in [0.25, 0.3) is 5.91 Å². The molecule has 1 aliphatic carbocycles. The van der Waals surface area contributed by atoms with E-state index >= 15 is 0 Å². The first-order valence-corrected chi connectivity index (χ1v) is 10.1. The van der Waals surface area contributed by atoms with Gasteiger partial charge >= 0.3 is 6.18 Å². The van der Waals surface area contributed by atoms with Gasteiger partial charge in [-0.25, -0.2) is 10.5 Å². The molecule has 168 valence electrons. The lowest BCUT2D eigenvalue weighted by Gasteiger charge is -2.19. The molecule has 1 heterocycles. The molecule has 7 nitrogen and oxygen atoms in total. The Labute approximate surface area is 181 Å². The average molecular weight is 446 g/mol. The molecule has 4 rings (SSSR count). The summed E-state index contributed by atoms with van der Waals surface area (Å²) in [6, 6.07) is 12.3. The van der Waals surface area contributed by atoms with Crippen LogP contribution in [-0.2, 0) is 17.5 Å². The molecule has 0 radical (unpaired) electrons. The van der Waals surface area contributed by atoms with Crippen molar-refractivity contribution in [2.45, 2.75) is 38.0 Å². The van der Waals surface area contributed by atoms with Gasteiger partial charge in [0, 0.05) is 18.2 Å². The van der Waals surface area contributed by atoms with E-state index in [2.05, 4.69) is 10.3 Å². The van der Waals surface area contributed by atoms with Gasteiger partial charge < -0.3 is 9.88 Å². The van der Waals surface area contributed by atoms with Crippen molar-refractivity contribution < 1.29 is 28.0 Å². The molecule has 1 aromatic heterocycles. The summed E-state index contributed by atoms with van der Waals surface area (Å²) in [5.74, 6) is -2.40. The van der Waals surface area contributed by atoms with Gasteiger partial charge in [-0.1, -0.05) is 30.7 Å². The number of hydrogen-bond donors (Lipinski definition) is 3. The van der Waals surface area contributed by atoms with Gasteiger partial charge in [-0.2, -0.15) is 13.2 Å². The number of para-hydroxylation sites is 2. The van der Waals surface area contributed by atoms with Crippen LogP contribution in [-0.4, -0.2) is 32.6 Å². The summed E-state index contributed by atoms with van der Waals surface area (Å²) >= 11 is 0. The molecule has 2 amide bonds. The maximum absolute atomic E-state index is 13.5. The number of benzene rings is 2. The van der Waals surface area contributed by atoms with Crippen LogP contribution in [0.1, 0.15) is 41.0 Å². The molecular weight excluding hydrogens is 425 g/mol. The number of nitrogens with zero attached hydrogens (tertiary/aromatic N) is 2. The van der Waals surface area contributed by atoms with Gasteiger partial charge in [0.1, 0.15) is 0 Å². The second kappa shape index (κ2) is 8.62. The number of rotatable bonds is 5. The number of imidazole rings is 1. The third kappa shape index (κ3) is 4.31. The summed E-state index contributed by atoms with van der Waals surface area (Å²) in [5.41, 5.74) is 3.16. The molecule has 10 heteroatoms. The number of amides is 2. The van der Waals surface area contributed by atoms with E-state index in [-0.39, 0.29) is 24.0 Å². The zero-order chi connectivity index (χ0) is 22.9. The molecule has 0 spiro atoms. The largest absolute Gasteiger partial charge is 0.449 e. The number of fused-ring (bicyclic) bond motifs is 1. The Bertz CT molecular complexity index is 1140. The molecule has 0 aliphatic heterocycles. The Hall–Kier alpha value is -3.40. The van der Waals surface area contributed by atoms with Crippen LogP contribution in [0.25, 0.3) is 11.0 Å². The Balaban J connectivity index is 1.51. The summed E-state index contributed by atoms with van der Waals surface area (Å²) in [6.07, 6.45) is -2.66. The van der Waals surface area contributed by atoms with E-state index in [4.69, 9.17) is 5.21 Å². The van der Waals surface area contributed by atoms with Gasteiger partial charge in [0.2, 0.25) is 11.7 Å². The number of hydroxylamine groups is 1. The molecule has 0 bridgehead atoms. The molecule has 32 heavy (non-hydrogen) atoms. The van der Waals surface area contributed by atoms with E-state index in [0.29, 0.717) is 29.5 Å². The Morgan fingerprint density at radius 3 is 2.50 bits per heavy atom. The molecule has 2 aromatic carbocycles. The highest BCUT2D eigenvalue weighted by molar-refractivity contribution is 5.95. The minimum Gasteiger partial charge on any atom is -0.349 e. The van der Waals surface area contributed by atoms with Crippen molar-refractivity contribution in [3.63, 3.8) is 0 Å². The Morgan fingerprint density at radius 1 is 1.09 bits per heavy atom. The highest BCUT2D eigenvalue weighted by Crippen LogP contribution is 2.32. The summed E-state index contributed by atoms with van der Waals surface area (Å²) in [4.78, 5) is 28.0. The number of alkyl halides is 3. The van der Waals surface area contributed by atoms with Crippen molar-refractivity contribution in [3.8, 4) is 0 Å². The van der Waals surface area contributed by atoms with E-state index in [0.717, 1.165) is 11.0 Å². The Kier molecular flexibility index (Phi) is 5.88. The van der Waals surface area contributed by atoms with Gasteiger partial charge in [0.15, 0.2) is 0 Å². The maximum atomic E-state index is 13.5. The number of hydrogen-bond acceptors (Lipinski definition) is 4. The number of carbonyl (C=O) groups excluding carboxylic acids is 2. The lowest BCUT2D eigenvalue weighted by Crippen LogP contribution is -2.43. The molecular formula is C22H21F3N4O3. The molecule has 3 N–H and O–H groups in total. The van der Waals surface area contributed by atoms with Crippen LogP contribution < -0.4 is 10.8 Å². The monoisotopic (exact) mass is 446 g/mol. The third-order valence-corrected chi connectivity index (χ3v) is 5.74. The van der Waals surface area contributed by atoms with Crippen LogP contribution in [0.2, 0.25) is 0 Å². The first-order valence-electron chi connectivity index (χ1n) is 10.1. The quantitative estimate of drug-likeness (QED) is 0.413. The van der Waals surface area contributed by atoms with Gasteiger partial charge in [-0.3, -0.25) is 14.8 Å². The number of nitrogens with one attached hydrogen (secondary N) is 2. The molecule has 0 saturated heterocycles. The third-order valence-electron chi connectivity index (χ3n) is 5.74. The fourth-order valence-electron chi connectivity index (χ4n) is 4.18. The smallest absolute Gasteiger partial charge is 0.349 e. The lowest BCUT2D eigenvalue weighted by atomic mass is 10.0. The minimum absolute atomic E-state index is 0.0569. The predicted octanol–water partition coefficient (Wildman–Crippen LogP) is 3.51. The van der Waals surface area contributed by atoms with Crippen LogP contribution in [0.3, 0.4) is 0 Å². The van der Waals surface area contributed by atoms with Gasteiger partial charge in [-0.05, 0) is 42.7 Å². The summed E-state index contributed by atoms with van der Waals surface area (Å²) in [6.45, 7) is -0.0569. The van der Waals surface area contributed by atoms with Crippen LogP contribution in [0.15, 0.2) is 48.5 Å². The number of aromatic nitrogens is 2. The van der Waals surface area contributed by atoms with Crippen molar-refractivity contribution in [2.75, 3.05) is 0 Å². The van der Waals surface area contributed by atoms with Crippen molar-refractivity contribution in [1.29, 1.82) is 0 Å². The van der Waals surface area contributed by atoms with Crippen molar-refractivity contribution in [3.05, 3.63) is 65.5 Å². The molecule has 1 saturated carbocycles. The van der Waals surface area contributed by atoms with E-state index in [9.17, 15) is 22.8 Å². The van der Waals surface area contributed by atoms with Gasteiger partial charge in [-0.15, -0.1) is 0 Å². The fourth-order valence-corrected chi connectivity index (χ4v) is 4.18. The fraction of sp³-hybridized carbons (Fsp3) is 0.318. The highest BCUT2D eigenvalue weighted by atomic mass is 19.4. The van der Waals surface area contributed by atoms with Crippen molar-refractivity contribution >= 4 is 22.8 Å². The zero-order valence-corrected chi connectivity index (χ0v) is 16.9. The summed E-state index contributed by atoms with van der Waals surface area (Å²) in [7, 11) is 0. The predicted molar refractivity (Wildman–Crippen MR) is 109 cm³/mol.